The summed E-state index contributed by atoms with van der Waals surface area (Å²) >= 11 is 0. The van der Waals surface area contributed by atoms with Crippen LogP contribution in [-0.2, 0) is 9.53 Å². The average molecular weight is 419 g/mol. The molecular weight excluding hydrogens is 374 g/mol. The smallest absolute Gasteiger partial charge is 0.330 e. The monoisotopic (exact) mass is 418 g/mol. The van der Waals surface area contributed by atoms with E-state index in [0.29, 0.717) is 6.61 Å². The molecule has 5 heteroatoms. The van der Waals surface area contributed by atoms with Gasteiger partial charge in [-0.05, 0) is 13.3 Å². The third-order valence-corrected chi connectivity index (χ3v) is 6.46. The quantitative estimate of drug-likeness (QED) is 0.0855. The molecule has 0 atom stereocenters. The van der Waals surface area contributed by atoms with E-state index in [4.69, 9.17) is 4.74 Å². The van der Waals surface area contributed by atoms with Gasteiger partial charge in [-0.3, -0.25) is 0 Å². The molecule has 0 aromatic rings. The number of ether oxygens (including phenoxy) is 1. The van der Waals surface area contributed by atoms with Gasteiger partial charge in [0.15, 0.2) is 0 Å². The second-order valence-electron chi connectivity index (χ2n) is 7.86. The third kappa shape index (κ3) is 23.3. The van der Waals surface area contributed by atoms with E-state index in [2.05, 4.69) is 0 Å². The molecular formula is C23H44F2O2Si. The number of allylic oxidation sites excluding steroid dienone is 1. The number of carbonyl (C=O) groups excluding carboxylic acids is 1. The Kier molecular flexibility index (Phi) is 22.0. The van der Waals surface area contributed by atoms with Gasteiger partial charge in [-0.25, -0.2) is 13.6 Å². The minimum absolute atomic E-state index is 0.230. The molecule has 0 saturated heterocycles. The topological polar surface area (TPSA) is 26.3 Å². The van der Waals surface area contributed by atoms with Crippen LogP contribution < -0.4 is 0 Å². The minimum atomic E-state index is -1.98. The first kappa shape index (κ1) is 27.3. The van der Waals surface area contributed by atoms with Gasteiger partial charge in [-0.15, -0.1) is 0 Å². The average Bonchev–Trinajstić information content (AvgIpc) is 2.66. The van der Waals surface area contributed by atoms with Crippen molar-refractivity contribution in [3.63, 3.8) is 0 Å². The molecule has 2 nitrogen and oxygen atoms in total. The molecule has 28 heavy (non-hydrogen) atoms. The fourth-order valence-corrected chi connectivity index (χ4v) is 4.36. The van der Waals surface area contributed by atoms with Crippen LogP contribution in [0.15, 0.2) is 12.2 Å². The van der Waals surface area contributed by atoms with Gasteiger partial charge in [0.05, 0.1) is 6.61 Å². The Balaban J connectivity index is 3.06. The van der Waals surface area contributed by atoms with Crippen LogP contribution >= 0.6 is 0 Å². The van der Waals surface area contributed by atoms with Crippen LogP contribution in [0.5, 0.6) is 0 Å². The zero-order valence-corrected chi connectivity index (χ0v) is 19.7. The lowest BCUT2D eigenvalue weighted by molar-refractivity contribution is -0.137. The molecule has 0 aliphatic rings. The molecule has 0 bridgehead atoms. The number of halogens is 2. The van der Waals surface area contributed by atoms with Crippen molar-refractivity contribution in [2.45, 2.75) is 122 Å². The standard InChI is InChI=1S/C23H44F2O2Si/c1-2-19-22(26)27-20-17-15-13-11-9-7-5-3-4-6-8-10-12-14-16-18-21-28-23(24)25/h2,19,23H,3-18,20-21,28H2,1H3. The van der Waals surface area contributed by atoms with Crippen LogP contribution in [0.25, 0.3) is 0 Å². The molecule has 0 rings (SSSR count). The number of rotatable bonds is 21. The number of alkyl halides is 2. The number of hydrogen-bond donors (Lipinski definition) is 0. The summed E-state index contributed by atoms with van der Waals surface area (Å²) in [6.07, 6.45) is 23.3. The van der Waals surface area contributed by atoms with E-state index in [0.717, 1.165) is 31.7 Å². The van der Waals surface area contributed by atoms with Crippen molar-refractivity contribution in [1.29, 1.82) is 0 Å². The van der Waals surface area contributed by atoms with E-state index in [1.807, 2.05) is 6.92 Å². The number of unbranched alkanes of at least 4 members (excludes halogenated alkanes) is 15. The highest BCUT2D eigenvalue weighted by molar-refractivity contribution is 6.36. The predicted molar refractivity (Wildman–Crippen MR) is 119 cm³/mol. The Morgan fingerprint density at radius 3 is 1.54 bits per heavy atom. The van der Waals surface area contributed by atoms with Crippen LogP contribution in [0.3, 0.4) is 0 Å². The summed E-state index contributed by atoms with van der Waals surface area (Å²) in [4.78, 5) is 11.1. The molecule has 0 fully saturated rings. The summed E-state index contributed by atoms with van der Waals surface area (Å²) in [6, 6.07) is -1.16. The summed E-state index contributed by atoms with van der Waals surface area (Å²) in [6.45, 7) is 2.36. The van der Waals surface area contributed by atoms with Crippen LogP contribution in [0.2, 0.25) is 6.04 Å². The SMILES string of the molecule is CC=CC(=O)OCCCCCCCCCCCCCCCCCC[SiH2]C(F)F. The Hall–Kier alpha value is -0.713. The van der Waals surface area contributed by atoms with Gasteiger partial charge in [0.2, 0.25) is 6.05 Å². The lowest BCUT2D eigenvalue weighted by Gasteiger charge is -2.04. The summed E-state index contributed by atoms with van der Waals surface area (Å²) in [5.74, 6) is -0.230. The number of carbonyl (C=O) groups is 1. The van der Waals surface area contributed by atoms with Crippen LogP contribution in [0.1, 0.15) is 110 Å². The van der Waals surface area contributed by atoms with Gasteiger partial charge in [0.25, 0.3) is 0 Å². The molecule has 0 heterocycles. The maximum absolute atomic E-state index is 12.0. The van der Waals surface area contributed by atoms with Crippen LogP contribution in [0.4, 0.5) is 8.78 Å². The summed E-state index contributed by atoms with van der Waals surface area (Å²) in [7, 11) is -1.08. The van der Waals surface area contributed by atoms with Crippen molar-refractivity contribution in [1.82, 2.24) is 0 Å². The van der Waals surface area contributed by atoms with E-state index >= 15 is 0 Å². The number of esters is 1. The molecule has 0 aromatic carbocycles. The highest BCUT2D eigenvalue weighted by Crippen LogP contribution is 2.14. The van der Waals surface area contributed by atoms with E-state index in [-0.39, 0.29) is 5.97 Å². The van der Waals surface area contributed by atoms with Gasteiger partial charge in [0, 0.05) is 6.08 Å². The normalized spacial score (nSPS) is 12.0. The van der Waals surface area contributed by atoms with E-state index < -0.39 is 15.6 Å². The van der Waals surface area contributed by atoms with E-state index in [1.165, 1.54) is 83.1 Å². The fraction of sp³-hybridized carbons (Fsp3) is 0.870. The van der Waals surface area contributed by atoms with E-state index in [9.17, 15) is 13.6 Å². The maximum Gasteiger partial charge on any atom is 0.330 e. The van der Waals surface area contributed by atoms with Crippen LogP contribution in [0, 0.1) is 0 Å². The highest BCUT2D eigenvalue weighted by Gasteiger charge is 2.02. The second-order valence-corrected chi connectivity index (χ2v) is 9.76. The summed E-state index contributed by atoms with van der Waals surface area (Å²) in [5.41, 5.74) is 0. The first-order valence-electron chi connectivity index (χ1n) is 11.7. The second kappa shape index (κ2) is 22.6. The summed E-state index contributed by atoms with van der Waals surface area (Å²) in [5, 5.41) is 0. The fourth-order valence-electron chi connectivity index (χ4n) is 3.41. The molecule has 0 amide bonds. The Bertz CT molecular complexity index is 363. The lowest BCUT2D eigenvalue weighted by Crippen LogP contribution is -2.02. The first-order valence-corrected chi connectivity index (χ1v) is 13.6. The minimum Gasteiger partial charge on any atom is -0.463 e. The third-order valence-electron chi connectivity index (χ3n) is 5.11. The first-order chi connectivity index (χ1) is 13.7. The molecule has 0 spiro atoms. The number of hydrogen-bond acceptors (Lipinski definition) is 2. The van der Waals surface area contributed by atoms with Crippen molar-refractivity contribution in [2.24, 2.45) is 0 Å². The van der Waals surface area contributed by atoms with Crippen molar-refractivity contribution >= 4 is 15.5 Å². The molecule has 0 aliphatic carbocycles. The van der Waals surface area contributed by atoms with Gasteiger partial charge in [-0.1, -0.05) is 108 Å². The van der Waals surface area contributed by atoms with Gasteiger partial charge < -0.3 is 4.74 Å². The molecule has 0 aromatic heterocycles. The van der Waals surface area contributed by atoms with Crippen molar-refractivity contribution in [3.8, 4) is 0 Å². The molecule has 0 unspecified atom stereocenters. The molecule has 0 N–H and O–H groups in total. The lowest BCUT2D eigenvalue weighted by atomic mass is 10.0. The zero-order chi connectivity index (χ0) is 20.7. The molecule has 0 saturated carbocycles. The van der Waals surface area contributed by atoms with Crippen molar-refractivity contribution in [3.05, 3.63) is 12.2 Å². The maximum atomic E-state index is 12.0. The highest BCUT2D eigenvalue weighted by atomic mass is 28.2. The predicted octanol–water partition coefficient (Wildman–Crippen LogP) is 7.16. The summed E-state index contributed by atoms with van der Waals surface area (Å²) < 4.78 is 29.2. The Labute approximate surface area is 174 Å². The van der Waals surface area contributed by atoms with Crippen molar-refractivity contribution in [2.75, 3.05) is 6.61 Å². The molecule has 166 valence electrons. The van der Waals surface area contributed by atoms with Crippen molar-refractivity contribution < 1.29 is 18.3 Å². The molecule has 0 aliphatic heterocycles. The largest absolute Gasteiger partial charge is 0.463 e. The van der Waals surface area contributed by atoms with Gasteiger partial charge in [-0.2, -0.15) is 0 Å². The Morgan fingerprint density at radius 2 is 1.14 bits per heavy atom. The van der Waals surface area contributed by atoms with E-state index in [1.54, 1.807) is 6.08 Å². The van der Waals surface area contributed by atoms with Gasteiger partial charge >= 0.3 is 5.97 Å². The molecule has 0 radical (unpaired) electrons. The zero-order valence-electron chi connectivity index (χ0n) is 18.2. The van der Waals surface area contributed by atoms with Crippen LogP contribution in [-0.4, -0.2) is 28.1 Å². The van der Waals surface area contributed by atoms with Gasteiger partial charge in [0.1, 0.15) is 9.52 Å². The Morgan fingerprint density at radius 1 is 0.750 bits per heavy atom.